The first-order chi connectivity index (χ1) is 15.8. The lowest BCUT2D eigenvalue weighted by molar-refractivity contribution is -0.124. The van der Waals surface area contributed by atoms with Crippen LogP contribution in [0.3, 0.4) is 0 Å². The molecule has 0 fully saturated rings. The summed E-state index contributed by atoms with van der Waals surface area (Å²) in [4.78, 5) is 35.3. The molecule has 33 heavy (non-hydrogen) atoms. The number of hydrogen-bond acceptors (Lipinski definition) is 7. The van der Waals surface area contributed by atoms with Gasteiger partial charge in [-0.05, 0) is 67.5 Å². The quantitative estimate of drug-likeness (QED) is 0.152. The number of aryl methyl sites for hydroxylation is 2. The van der Waals surface area contributed by atoms with Crippen LogP contribution in [0.25, 0.3) is 0 Å². The van der Waals surface area contributed by atoms with Gasteiger partial charge in [-0.2, -0.15) is 0 Å². The minimum absolute atomic E-state index is 0.136. The maximum Gasteiger partial charge on any atom is 0.220 e. The van der Waals surface area contributed by atoms with Crippen LogP contribution < -0.4 is 10.6 Å². The Balaban J connectivity index is 1.59. The molecule has 178 valence electrons. The third kappa shape index (κ3) is 9.10. The second-order valence-electron chi connectivity index (χ2n) is 7.80. The minimum Gasteiger partial charge on any atom is -0.504 e. The zero-order chi connectivity index (χ0) is 24.2. The van der Waals surface area contributed by atoms with Gasteiger partial charge in [0, 0.05) is 19.4 Å². The lowest BCUT2D eigenvalue weighted by Gasteiger charge is -2.13. The molecule has 2 aromatic rings. The number of amides is 2. The molecule has 0 bridgehead atoms. The number of aldehydes is 1. The molecular weight excluding hydrogens is 428 g/mol. The van der Waals surface area contributed by atoms with E-state index in [-0.39, 0.29) is 47.7 Å². The van der Waals surface area contributed by atoms with Crippen molar-refractivity contribution in [3.8, 4) is 23.0 Å². The lowest BCUT2D eigenvalue weighted by atomic mass is 10.1. The van der Waals surface area contributed by atoms with E-state index in [1.165, 1.54) is 24.3 Å². The topological polar surface area (TPSA) is 156 Å². The number of carbonyl (C=O) groups is 3. The number of nitrogens with one attached hydrogen (secondary N) is 2. The average molecular weight is 459 g/mol. The fourth-order valence-corrected chi connectivity index (χ4v) is 3.22. The van der Waals surface area contributed by atoms with Crippen molar-refractivity contribution in [1.82, 2.24) is 10.6 Å². The lowest BCUT2D eigenvalue weighted by Crippen LogP contribution is -2.36. The van der Waals surface area contributed by atoms with Crippen molar-refractivity contribution in [1.29, 1.82) is 0 Å². The maximum atomic E-state index is 12.1. The maximum absolute atomic E-state index is 12.1. The van der Waals surface area contributed by atoms with Crippen molar-refractivity contribution in [2.24, 2.45) is 0 Å². The smallest absolute Gasteiger partial charge is 0.220 e. The van der Waals surface area contributed by atoms with Gasteiger partial charge in [0.25, 0.3) is 0 Å². The van der Waals surface area contributed by atoms with Gasteiger partial charge in [0.05, 0.1) is 6.04 Å². The molecule has 2 aromatic carbocycles. The van der Waals surface area contributed by atoms with E-state index in [0.29, 0.717) is 50.5 Å². The van der Waals surface area contributed by atoms with Crippen molar-refractivity contribution in [3.05, 3.63) is 47.5 Å². The van der Waals surface area contributed by atoms with Crippen LogP contribution in [0.15, 0.2) is 36.4 Å². The molecule has 0 saturated carbocycles. The molecule has 9 nitrogen and oxygen atoms in total. The second-order valence-corrected chi connectivity index (χ2v) is 7.80. The van der Waals surface area contributed by atoms with Crippen molar-refractivity contribution < 1.29 is 34.8 Å². The summed E-state index contributed by atoms with van der Waals surface area (Å²) in [5.41, 5.74) is 1.44. The molecule has 9 heteroatoms. The molecule has 0 spiro atoms. The van der Waals surface area contributed by atoms with Gasteiger partial charge in [-0.3, -0.25) is 9.59 Å². The summed E-state index contributed by atoms with van der Waals surface area (Å²) >= 11 is 0. The minimum atomic E-state index is -0.608. The predicted octanol–water partition coefficient (Wildman–Crippen LogP) is 2.04. The summed E-state index contributed by atoms with van der Waals surface area (Å²) in [7, 11) is 0. The Morgan fingerprint density at radius 2 is 1.33 bits per heavy atom. The molecule has 0 saturated heterocycles. The van der Waals surface area contributed by atoms with E-state index < -0.39 is 6.04 Å². The van der Waals surface area contributed by atoms with Crippen LogP contribution >= 0.6 is 0 Å². The number of phenols is 4. The van der Waals surface area contributed by atoms with Gasteiger partial charge in [0.1, 0.15) is 6.29 Å². The molecule has 0 aliphatic rings. The molecular formula is C24H30N2O7. The van der Waals surface area contributed by atoms with Crippen LogP contribution in [-0.2, 0) is 27.2 Å². The number of carbonyl (C=O) groups excluding carboxylic acids is 3. The predicted molar refractivity (Wildman–Crippen MR) is 121 cm³/mol. The van der Waals surface area contributed by atoms with Gasteiger partial charge in [0.15, 0.2) is 23.0 Å². The molecule has 2 rings (SSSR count). The molecule has 0 radical (unpaired) electrons. The largest absolute Gasteiger partial charge is 0.504 e. The zero-order valence-corrected chi connectivity index (χ0v) is 18.3. The van der Waals surface area contributed by atoms with Crippen molar-refractivity contribution in [2.75, 3.05) is 6.54 Å². The third-order valence-corrected chi connectivity index (χ3v) is 5.14. The average Bonchev–Trinajstić information content (AvgIpc) is 2.79. The highest BCUT2D eigenvalue weighted by Gasteiger charge is 2.12. The van der Waals surface area contributed by atoms with E-state index >= 15 is 0 Å². The molecule has 1 unspecified atom stereocenters. The summed E-state index contributed by atoms with van der Waals surface area (Å²) in [5.74, 6) is -1.31. The van der Waals surface area contributed by atoms with Crippen LogP contribution in [0.5, 0.6) is 23.0 Å². The molecule has 0 aromatic heterocycles. The Morgan fingerprint density at radius 3 is 1.85 bits per heavy atom. The fraction of sp³-hybridized carbons (Fsp3) is 0.375. The van der Waals surface area contributed by atoms with Crippen LogP contribution in [-0.4, -0.2) is 51.1 Å². The van der Waals surface area contributed by atoms with Crippen LogP contribution in [0.2, 0.25) is 0 Å². The van der Waals surface area contributed by atoms with E-state index in [1.54, 1.807) is 12.1 Å². The summed E-state index contributed by atoms with van der Waals surface area (Å²) in [5, 5.41) is 43.0. The molecule has 6 N–H and O–H groups in total. The third-order valence-electron chi connectivity index (χ3n) is 5.14. The summed E-state index contributed by atoms with van der Waals surface area (Å²) in [6.07, 6.45) is 3.62. The summed E-state index contributed by atoms with van der Waals surface area (Å²) in [6.45, 7) is 0.448. The first kappa shape index (κ1) is 25.5. The Kier molecular flexibility index (Phi) is 10.0. The van der Waals surface area contributed by atoms with Gasteiger partial charge in [0.2, 0.25) is 11.8 Å². The Hall–Kier alpha value is -3.75. The van der Waals surface area contributed by atoms with Crippen LogP contribution in [0.1, 0.15) is 43.2 Å². The van der Waals surface area contributed by atoms with Crippen molar-refractivity contribution in [3.63, 3.8) is 0 Å². The fourth-order valence-electron chi connectivity index (χ4n) is 3.22. The number of aromatic hydroxyl groups is 4. The van der Waals surface area contributed by atoms with E-state index in [4.69, 9.17) is 0 Å². The number of hydrogen-bond donors (Lipinski definition) is 6. The standard InChI is InChI=1S/C24H30N2O7/c27-15-18(26-24(33)11-7-17-5-9-20(29)22(31)14-17)3-1-2-12-25-23(32)10-6-16-4-8-19(28)21(30)13-16/h4-5,8-9,13-15,18,28-31H,1-3,6-7,10-12H2,(H,25,32)(H,26,33). The molecule has 2 amide bonds. The zero-order valence-electron chi connectivity index (χ0n) is 18.3. The number of phenolic OH excluding ortho intramolecular Hbond substituents is 4. The van der Waals surface area contributed by atoms with Crippen molar-refractivity contribution in [2.45, 2.75) is 51.0 Å². The highest BCUT2D eigenvalue weighted by Crippen LogP contribution is 2.26. The number of benzene rings is 2. The molecule has 0 aliphatic carbocycles. The SMILES string of the molecule is O=CC(CCCCNC(=O)CCc1ccc(O)c(O)c1)NC(=O)CCc1ccc(O)c(O)c1. The van der Waals surface area contributed by atoms with Crippen molar-refractivity contribution >= 4 is 18.1 Å². The highest BCUT2D eigenvalue weighted by molar-refractivity contribution is 5.79. The van der Waals surface area contributed by atoms with E-state index in [0.717, 1.165) is 5.56 Å². The first-order valence-corrected chi connectivity index (χ1v) is 10.8. The molecule has 0 aliphatic heterocycles. The normalized spacial score (nSPS) is 11.5. The Morgan fingerprint density at radius 1 is 0.788 bits per heavy atom. The van der Waals surface area contributed by atoms with Gasteiger partial charge >= 0.3 is 0 Å². The summed E-state index contributed by atoms with van der Waals surface area (Å²) < 4.78 is 0. The highest BCUT2D eigenvalue weighted by atomic mass is 16.3. The van der Waals surface area contributed by atoms with E-state index in [2.05, 4.69) is 10.6 Å². The van der Waals surface area contributed by atoms with Crippen LogP contribution in [0, 0.1) is 0 Å². The van der Waals surface area contributed by atoms with Gasteiger partial charge in [-0.25, -0.2) is 0 Å². The molecule has 1 atom stereocenters. The Bertz CT molecular complexity index is 962. The van der Waals surface area contributed by atoms with Gasteiger partial charge < -0.3 is 35.9 Å². The van der Waals surface area contributed by atoms with E-state index in [9.17, 15) is 34.8 Å². The second kappa shape index (κ2) is 12.9. The van der Waals surface area contributed by atoms with E-state index in [1.807, 2.05) is 0 Å². The Labute approximate surface area is 192 Å². The number of unbranched alkanes of at least 4 members (excludes halogenated alkanes) is 1. The molecule has 0 heterocycles. The summed E-state index contributed by atoms with van der Waals surface area (Å²) in [6, 6.07) is 8.20. The number of rotatable bonds is 13. The van der Waals surface area contributed by atoms with Gasteiger partial charge in [-0.1, -0.05) is 12.1 Å². The van der Waals surface area contributed by atoms with Gasteiger partial charge in [-0.15, -0.1) is 0 Å². The van der Waals surface area contributed by atoms with Crippen LogP contribution in [0.4, 0.5) is 0 Å². The monoisotopic (exact) mass is 458 g/mol. The first-order valence-electron chi connectivity index (χ1n) is 10.8.